The van der Waals surface area contributed by atoms with Gasteiger partial charge in [0.25, 0.3) is 37.4 Å². The van der Waals surface area contributed by atoms with Gasteiger partial charge in [-0.15, -0.1) is 0 Å². The fraction of sp³-hybridized carbons (Fsp3) is 0.350. The molecule has 0 atom stereocenters. The van der Waals surface area contributed by atoms with Gasteiger partial charge < -0.3 is 16.0 Å². The summed E-state index contributed by atoms with van der Waals surface area (Å²) in [7, 11) is -7.65. The smallest absolute Gasteiger partial charge is 0.285 e. The summed E-state index contributed by atoms with van der Waals surface area (Å²) in [4.78, 5) is 39.7. The molecule has 2 amide bonds. The van der Waals surface area contributed by atoms with Gasteiger partial charge in [0.2, 0.25) is 0 Å². The number of benzene rings is 5. The van der Waals surface area contributed by atoms with E-state index in [1.165, 1.54) is 5.56 Å². The SMILES string of the molecule is CCCCCCNC1=C(c2ccccc2)S(=O)(=O)N(CCCC)C1=O.CCCCN1C(=O)C(NCc2ccccc2)=C(c2ccccc2)S1(=O)=O.CCCCn1sc(-c2ccccc2)c(NCCc2ccccc2)c1=O. The molecule has 0 saturated carbocycles. The minimum atomic E-state index is -3.85. The van der Waals surface area contributed by atoms with Gasteiger partial charge >= 0.3 is 0 Å². The molecule has 0 spiro atoms. The van der Waals surface area contributed by atoms with Gasteiger partial charge in [-0.1, -0.05) is 229 Å². The Bertz CT molecular complexity index is 3130. The Morgan fingerprint density at radius 3 is 1.33 bits per heavy atom. The summed E-state index contributed by atoms with van der Waals surface area (Å²) in [5, 5.41) is 9.58. The number of nitrogens with zero attached hydrogens (tertiary/aromatic N) is 3. The molecule has 3 heterocycles. The van der Waals surface area contributed by atoms with Crippen molar-refractivity contribution in [2.24, 2.45) is 0 Å². The molecule has 5 aromatic carbocycles. The number of hydrogen-bond donors (Lipinski definition) is 3. The molecular formula is C60H74N6O7S3. The monoisotopic (exact) mass is 1090 g/mol. The molecule has 0 unspecified atom stereocenters. The van der Waals surface area contributed by atoms with E-state index in [2.05, 4.69) is 54.1 Å². The molecule has 0 saturated heterocycles. The lowest BCUT2D eigenvalue weighted by Crippen LogP contribution is -2.34. The maximum absolute atomic E-state index is 13.0. The average Bonchev–Trinajstić information content (AvgIpc) is 3.95. The van der Waals surface area contributed by atoms with Crippen LogP contribution in [0.3, 0.4) is 0 Å². The van der Waals surface area contributed by atoms with Crippen molar-refractivity contribution in [3.63, 3.8) is 0 Å². The summed E-state index contributed by atoms with van der Waals surface area (Å²) < 4.78 is 55.9. The van der Waals surface area contributed by atoms with Crippen LogP contribution < -0.4 is 21.5 Å². The zero-order chi connectivity index (χ0) is 54.3. The highest BCUT2D eigenvalue weighted by atomic mass is 32.2. The van der Waals surface area contributed by atoms with Crippen LogP contribution in [0.5, 0.6) is 0 Å². The van der Waals surface area contributed by atoms with E-state index in [0.717, 1.165) is 101 Å². The van der Waals surface area contributed by atoms with Crippen molar-refractivity contribution in [3.05, 3.63) is 196 Å². The van der Waals surface area contributed by atoms with Crippen molar-refractivity contribution in [1.29, 1.82) is 0 Å². The molecule has 0 aliphatic carbocycles. The van der Waals surface area contributed by atoms with Gasteiger partial charge in [0.1, 0.15) is 26.9 Å². The third-order valence-corrected chi connectivity index (χ3v) is 17.7. The number of carbonyl (C=O) groups excluding carboxylic acids is 2. The molecule has 6 aromatic rings. The van der Waals surface area contributed by atoms with Crippen LogP contribution in [0, 0.1) is 0 Å². The molecule has 2 aliphatic heterocycles. The number of amides is 2. The molecule has 13 nitrogen and oxygen atoms in total. The van der Waals surface area contributed by atoms with Crippen molar-refractivity contribution >= 4 is 58.9 Å². The Morgan fingerprint density at radius 2 is 0.855 bits per heavy atom. The van der Waals surface area contributed by atoms with Crippen molar-refractivity contribution in [3.8, 4) is 10.4 Å². The minimum Gasteiger partial charge on any atom is -0.379 e. The number of unbranched alkanes of at least 4 members (excludes halogenated alkanes) is 6. The summed E-state index contributed by atoms with van der Waals surface area (Å²) in [5.41, 5.74) is 5.65. The maximum atomic E-state index is 13.0. The number of carbonyl (C=O) groups is 2. The number of sulfonamides is 2. The fourth-order valence-corrected chi connectivity index (χ4v) is 13.2. The molecule has 1 aromatic heterocycles. The predicted molar refractivity (Wildman–Crippen MR) is 311 cm³/mol. The molecule has 0 bridgehead atoms. The van der Waals surface area contributed by atoms with Gasteiger partial charge in [-0.05, 0) is 59.9 Å². The molecule has 404 valence electrons. The molecule has 8 rings (SSSR count). The molecule has 0 fully saturated rings. The Labute approximate surface area is 455 Å². The first-order chi connectivity index (χ1) is 36.9. The standard InChI is InChI=1S/C21H24N2OS.C20H22N2O3S.C19H28N2O3S/c1-2-3-16-23-21(24)19(20(25-23)18-12-8-5-9-13-18)22-15-14-17-10-6-4-7-11-17;1-2-3-14-22-20(23)18(21-15-16-10-6-4-7-11-16)19(26(22,24)25)17-12-8-5-9-13-17;1-3-5-7-11-14-20-17-18(16-12-9-8-10-13-16)25(23,24)21(19(17)22)15-6-4-2/h4-13,22H,2-3,14-16H2,1H3;4-13,21H,2-3,14-15H2,1H3;8-10,12-13,20H,3-7,11,14-15H2,1-2H3. The van der Waals surface area contributed by atoms with Crippen molar-refractivity contribution < 1.29 is 26.4 Å². The zero-order valence-corrected chi connectivity index (χ0v) is 46.8. The van der Waals surface area contributed by atoms with Gasteiger partial charge in [0.05, 0.1) is 4.88 Å². The minimum absolute atomic E-state index is 0.0649. The first kappa shape index (κ1) is 58.5. The van der Waals surface area contributed by atoms with Gasteiger partial charge in [-0.25, -0.2) is 25.4 Å². The van der Waals surface area contributed by atoms with Crippen LogP contribution in [0.1, 0.15) is 114 Å². The molecular weight excluding hydrogens is 1010 g/mol. The molecule has 3 N–H and O–H groups in total. The normalized spacial score (nSPS) is 14.5. The van der Waals surface area contributed by atoms with Crippen LogP contribution in [0.2, 0.25) is 0 Å². The number of anilines is 1. The largest absolute Gasteiger partial charge is 0.379 e. The van der Waals surface area contributed by atoms with Crippen LogP contribution in [0.25, 0.3) is 20.3 Å². The summed E-state index contributed by atoms with van der Waals surface area (Å²) in [6.07, 6.45) is 10.2. The van der Waals surface area contributed by atoms with E-state index in [-0.39, 0.29) is 39.9 Å². The Balaban J connectivity index is 0.000000185. The lowest BCUT2D eigenvalue weighted by molar-refractivity contribution is -0.123. The summed E-state index contributed by atoms with van der Waals surface area (Å²) in [6.45, 7) is 11.2. The molecule has 76 heavy (non-hydrogen) atoms. The quantitative estimate of drug-likeness (QED) is 0.0470. The Kier molecular flexibility index (Phi) is 22.7. The van der Waals surface area contributed by atoms with E-state index in [1.54, 1.807) is 60.1 Å². The number of hydrogen-bond acceptors (Lipinski definition) is 11. The first-order valence-electron chi connectivity index (χ1n) is 26.7. The highest BCUT2D eigenvalue weighted by Gasteiger charge is 2.45. The van der Waals surface area contributed by atoms with Crippen LogP contribution >= 0.6 is 11.5 Å². The van der Waals surface area contributed by atoms with Crippen LogP contribution in [-0.4, -0.2) is 67.4 Å². The predicted octanol–water partition coefficient (Wildman–Crippen LogP) is 11.6. The maximum Gasteiger partial charge on any atom is 0.285 e. The molecule has 0 radical (unpaired) electrons. The third kappa shape index (κ3) is 15.2. The number of aromatic nitrogens is 1. The topological polar surface area (TPSA) is 167 Å². The second-order valence-corrected chi connectivity index (χ2v) is 23.2. The van der Waals surface area contributed by atoms with Crippen molar-refractivity contribution in [2.75, 3.05) is 31.5 Å². The van der Waals surface area contributed by atoms with Gasteiger partial charge in [0, 0.05) is 39.3 Å². The van der Waals surface area contributed by atoms with E-state index in [4.69, 9.17) is 0 Å². The number of nitrogens with one attached hydrogen (secondary N) is 3. The van der Waals surface area contributed by atoms with Gasteiger partial charge in [-0.2, -0.15) is 0 Å². The van der Waals surface area contributed by atoms with E-state index < -0.39 is 31.9 Å². The Morgan fingerprint density at radius 1 is 0.434 bits per heavy atom. The first-order valence-corrected chi connectivity index (χ1v) is 30.4. The lowest BCUT2D eigenvalue weighted by atomic mass is 10.1. The van der Waals surface area contributed by atoms with Crippen molar-refractivity contribution in [2.45, 2.75) is 111 Å². The fourth-order valence-electron chi connectivity index (χ4n) is 8.60. The van der Waals surface area contributed by atoms with Crippen molar-refractivity contribution in [1.82, 2.24) is 23.2 Å². The zero-order valence-electron chi connectivity index (χ0n) is 44.4. The summed E-state index contributed by atoms with van der Waals surface area (Å²) in [5.74, 6) is -0.906. The lowest BCUT2D eigenvalue weighted by Gasteiger charge is -2.16. The number of rotatable bonds is 25. The second kappa shape index (κ2) is 29.5. The van der Waals surface area contributed by atoms with Crippen LogP contribution in [0.15, 0.2) is 168 Å². The second-order valence-electron chi connectivity index (χ2n) is 18.5. The van der Waals surface area contributed by atoms with E-state index in [9.17, 15) is 31.2 Å². The molecule has 2 aliphatic rings. The van der Waals surface area contributed by atoms with Gasteiger partial charge in [-0.3, -0.25) is 18.3 Å². The van der Waals surface area contributed by atoms with Crippen LogP contribution in [-0.2, 0) is 49.1 Å². The van der Waals surface area contributed by atoms with E-state index >= 15 is 0 Å². The molecule has 16 heteroatoms. The van der Waals surface area contributed by atoms with E-state index in [0.29, 0.717) is 37.1 Å². The van der Waals surface area contributed by atoms with Gasteiger partial charge in [0.15, 0.2) is 0 Å². The third-order valence-electron chi connectivity index (χ3n) is 12.8. The summed E-state index contributed by atoms with van der Waals surface area (Å²) in [6, 6.07) is 47.8. The Hall–Kier alpha value is -6.75. The van der Waals surface area contributed by atoms with E-state index in [1.807, 2.05) is 96.7 Å². The summed E-state index contributed by atoms with van der Waals surface area (Å²) >= 11 is 1.57. The number of aryl methyl sites for hydroxylation is 1. The average molecular weight is 1090 g/mol. The highest BCUT2D eigenvalue weighted by Crippen LogP contribution is 2.36. The van der Waals surface area contributed by atoms with Crippen LogP contribution in [0.4, 0.5) is 5.69 Å². The highest BCUT2D eigenvalue weighted by molar-refractivity contribution is 8.00.